The first-order chi connectivity index (χ1) is 7.76. The van der Waals surface area contributed by atoms with Crippen LogP contribution >= 0.6 is 0 Å². The number of hydrogen-bond donors (Lipinski definition) is 1. The molecule has 0 aromatic carbocycles. The van der Waals surface area contributed by atoms with E-state index >= 15 is 0 Å². The van der Waals surface area contributed by atoms with Crippen LogP contribution in [0.2, 0.25) is 0 Å². The summed E-state index contributed by atoms with van der Waals surface area (Å²) in [6.07, 6.45) is 7.35. The van der Waals surface area contributed by atoms with E-state index in [0.717, 1.165) is 11.8 Å². The molecule has 2 rings (SSSR count). The van der Waals surface area contributed by atoms with Crippen LogP contribution in [0.25, 0.3) is 0 Å². The van der Waals surface area contributed by atoms with Gasteiger partial charge in [-0.25, -0.2) is 0 Å². The molecule has 0 bridgehead atoms. The summed E-state index contributed by atoms with van der Waals surface area (Å²) >= 11 is 0. The Kier molecular flexibility index (Phi) is 3.64. The molecule has 1 aliphatic rings. The van der Waals surface area contributed by atoms with Gasteiger partial charge in [-0.05, 0) is 37.8 Å². The zero-order valence-electron chi connectivity index (χ0n) is 10.6. The van der Waals surface area contributed by atoms with Crippen molar-refractivity contribution in [3.8, 4) is 0 Å². The molecule has 3 atom stereocenters. The minimum Gasteiger partial charge on any atom is -0.311 e. The minimum atomic E-state index is 0.476. The van der Waals surface area contributed by atoms with Crippen molar-refractivity contribution in [2.45, 2.75) is 38.6 Å². The van der Waals surface area contributed by atoms with E-state index in [2.05, 4.69) is 30.5 Å². The molecule has 90 valence electrons. The maximum Gasteiger partial charge on any atom is 0.0553 e. The SMILES string of the molecule is CCC1CCC(C(NC)c2ccnn2C)C1. The molecular formula is C13H23N3. The second-order valence-corrected chi connectivity index (χ2v) is 4.99. The Balaban J connectivity index is 2.09. The smallest absolute Gasteiger partial charge is 0.0553 e. The molecule has 1 fully saturated rings. The van der Waals surface area contributed by atoms with Crippen molar-refractivity contribution in [2.75, 3.05) is 7.05 Å². The Morgan fingerprint density at radius 1 is 1.56 bits per heavy atom. The van der Waals surface area contributed by atoms with E-state index in [1.54, 1.807) is 0 Å². The first kappa shape index (κ1) is 11.6. The van der Waals surface area contributed by atoms with Crippen molar-refractivity contribution < 1.29 is 0 Å². The zero-order valence-corrected chi connectivity index (χ0v) is 10.6. The molecule has 0 aliphatic heterocycles. The van der Waals surface area contributed by atoms with Gasteiger partial charge in [0.15, 0.2) is 0 Å². The fraction of sp³-hybridized carbons (Fsp3) is 0.769. The fourth-order valence-electron chi connectivity index (χ4n) is 3.10. The van der Waals surface area contributed by atoms with Crippen molar-refractivity contribution in [1.82, 2.24) is 15.1 Å². The van der Waals surface area contributed by atoms with Crippen molar-refractivity contribution in [3.63, 3.8) is 0 Å². The first-order valence-electron chi connectivity index (χ1n) is 6.41. The van der Waals surface area contributed by atoms with Gasteiger partial charge >= 0.3 is 0 Å². The van der Waals surface area contributed by atoms with Crippen molar-refractivity contribution in [2.24, 2.45) is 18.9 Å². The molecule has 1 N–H and O–H groups in total. The number of nitrogens with one attached hydrogen (secondary N) is 1. The molecule has 1 aromatic heterocycles. The lowest BCUT2D eigenvalue weighted by atomic mass is 9.93. The Morgan fingerprint density at radius 3 is 2.88 bits per heavy atom. The predicted molar refractivity (Wildman–Crippen MR) is 66.1 cm³/mol. The van der Waals surface area contributed by atoms with Crippen LogP contribution < -0.4 is 5.32 Å². The van der Waals surface area contributed by atoms with E-state index in [1.165, 1.54) is 31.4 Å². The average molecular weight is 221 g/mol. The lowest BCUT2D eigenvalue weighted by Gasteiger charge is -2.23. The second-order valence-electron chi connectivity index (χ2n) is 4.99. The van der Waals surface area contributed by atoms with Crippen molar-refractivity contribution >= 4 is 0 Å². The Bertz CT molecular complexity index is 332. The monoisotopic (exact) mass is 221 g/mol. The molecule has 3 heteroatoms. The lowest BCUT2D eigenvalue weighted by Crippen LogP contribution is -2.26. The third kappa shape index (κ3) is 2.14. The number of hydrogen-bond acceptors (Lipinski definition) is 2. The summed E-state index contributed by atoms with van der Waals surface area (Å²) < 4.78 is 2.00. The van der Waals surface area contributed by atoms with Gasteiger partial charge in [0.1, 0.15) is 0 Å². The van der Waals surface area contributed by atoms with Gasteiger partial charge in [-0.2, -0.15) is 5.10 Å². The van der Waals surface area contributed by atoms with E-state index in [0.29, 0.717) is 6.04 Å². The van der Waals surface area contributed by atoms with Crippen LogP contribution in [0.1, 0.15) is 44.3 Å². The minimum absolute atomic E-state index is 0.476. The number of nitrogens with zero attached hydrogens (tertiary/aromatic N) is 2. The first-order valence-corrected chi connectivity index (χ1v) is 6.41. The highest BCUT2D eigenvalue weighted by atomic mass is 15.3. The Labute approximate surface area is 98.2 Å². The topological polar surface area (TPSA) is 29.9 Å². The summed E-state index contributed by atoms with van der Waals surface area (Å²) in [5.74, 6) is 1.72. The predicted octanol–water partition coefficient (Wildman–Crippen LogP) is 2.51. The van der Waals surface area contributed by atoms with Gasteiger partial charge < -0.3 is 5.32 Å². The molecule has 1 aliphatic carbocycles. The Morgan fingerprint density at radius 2 is 2.38 bits per heavy atom. The van der Waals surface area contributed by atoms with Crippen LogP contribution in [0.15, 0.2) is 12.3 Å². The van der Waals surface area contributed by atoms with E-state index in [4.69, 9.17) is 0 Å². The van der Waals surface area contributed by atoms with E-state index < -0.39 is 0 Å². The molecule has 0 radical (unpaired) electrons. The highest BCUT2D eigenvalue weighted by molar-refractivity contribution is 5.09. The summed E-state index contributed by atoms with van der Waals surface area (Å²) in [5.41, 5.74) is 1.32. The quantitative estimate of drug-likeness (QED) is 0.846. The maximum atomic E-state index is 4.27. The highest BCUT2D eigenvalue weighted by Crippen LogP contribution is 2.39. The molecule has 0 spiro atoms. The van der Waals surface area contributed by atoms with Crippen molar-refractivity contribution in [3.05, 3.63) is 18.0 Å². The molecular weight excluding hydrogens is 198 g/mol. The third-order valence-corrected chi connectivity index (χ3v) is 4.12. The summed E-state index contributed by atoms with van der Waals surface area (Å²) in [5, 5.41) is 7.74. The van der Waals surface area contributed by atoms with Gasteiger partial charge in [0.05, 0.1) is 11.7 Å². The summed E-state index contributed by atoms with van der Waals surface area (Å²) in [6.45, 7) is 2.31. The van der Waals surface area contributed by atoms with Gasteiger partial charge in [0.25, 0.3) is 0 Å². The van der Waals surface area contributed by atoms with Gasteiger partial charge in [-0.15, -0.1) is 0 Å². The van der Waals surface area contributed by atoms with Crippen molar-refractivity contribution in [1.29, 1.82) is 0 Å². The molecule has 16 heavy (non-hydrogen) atoms. The van der Waals surface area contributed by atoms with Gasteiger partial charge in [0.2, 0.25) is 0 Å². The fourth-order valence-corrected chi connectivity index (χ4v) is 3.10. The lowest BCUT2D eigenvalue weighted by molar-refractivity contribution is 0.356. The summed E-state index contributed by atoms with van der Waals surface area (Å²) in [7, 11) is 4.10. The third-order valence-electron chi connectivity index (χ3n) is 4.12. The van der Waals surface area contributed by atoms with E-state index in [1.807, 2.05) is 17.9 Å². The molecule has 1 aromatic rings. The highest BCUT2D eigenvalue weighted by Gasteiger charge is 2.31. The van der Waals surface area contributed by atoms with Crippen LogP contribution in [-0.4, -0.2) is 16.8 Å². The Hall–Kier alpha value is -0.830. The molecule has 0 amide bonds. The normalized spacial score (nSPS) is 27.2. The van der Waals surface area contributed by atoms with Gasteiger partial charge in [-0.3, -0.25) is 4.68 Å². The number of aryl methyl sites for hydroxylation is 1. The molecule has 3 nitrogen and oxygen atoms in total. The number of rotatable bonds is 4. The van der Waals surface area contributed by atoms with Crippen LogP contribution in [0.3, 0.4) is 0 Å². The zero-order chi connectivity index (χ0) is 11.5. The summed E-state index contributed by atoms with van der Waals surface area (Å²) in [6, 6.07) is 2.62. The molecule has 0 saturated heterocycles. The maximum absolute atomic E-state index is 4.27. The molecule has 1 saturated carbocycles. The largest absolute Gasteiger partial charge is 0.311 e. The second kappa shape index (κ2) is 5.00. The molecule has 3 unspecified atom stereocenters. The van der Waals surface area contributed by atoms with Gasteiger partial charge in [0, 0.05) is 13.2 Å². The summed E-state index contributed by atoms with van der Waals surface area (Å²) in [4.78, 5) is 0. The average Bonchev–Trinajstić information content (AvgIpc) is 2.90. The molecule has 1 heterocycles. The number of aromatic nitrogens is 2. The van der Waals surface area contributed by atoms with Crippen LogP contribution in [0.4, 0.5) is 0 Å². The van der Waals surface area contributed by atoms with Crippen LogP contribution in [0.5, 0.6) is 0 Å². The standard InChI is InChI=1S/C13H23N3/c1-4-10-5-6-11(9-10)13(14-2)12-7-8-15-16(12)3/h7-8,10-11,13-14H,4-6,9H2,1-3H3. The van der Waals surface area contributed by atoms with Crippen LogP contribution in [0, 0.1) is 11.8 Å². The van der Waals surface area contributed by atoms with Gasteiger partial charge in [-0.1, -0.05) is 19.8 Å². The van der Waals surface area contributed by atoms with E-state index in [-0.39, 0.29) is 0 Å². The van der Waals surface area contributed by atoms with E-state index in [9.17, 15) is 0 Å². The van der Waals surface area contributed by atoms with Crippen LogP contribution in [-0.2, 0) is 7.05 Å².